The first kappa shape index (κ1) is 19.9. The Labute approximate surface area is 189 Å². The topological polar surface area (TPSA) is 24.4 Å². The number of hydrogen-bond acceptors (Lipinski definition) is 2. The van der Waals surface area contributed by atoms with E-state index in [1.165, 1.54) is 11.6 Å². The number of piperidine rings is 1. The largest absolute Gasteiger partial charge is 0.309 e. The molecule has 30 heavy (non-hydrogen) atoms. The number of halogens is 3. The molecule has 0 aromatic heterocycles. The molecule has 0 saturated carbocycles. The van der Waals surface area contributed by atoms with E-state index in [9.17, 15) is 4.39 Å². The highest BCUT2D eigenvalue weighted by Gasteiger charge is 2.52. The van der Waals surface area contributed by atoms with E-state index in [0.29, 0.717) is 0 Å². The third-order valence-electron chi connectivity index (χ3n) is 6.48. The van der Waals surface area contributed by atoms with Crippen LogP contribution >= 0.6 is 27.5 Å². The molecular formula is C25H21BrClFN2. The Kier molecular flexibility index (Phi) is 5.04. The average Bonchev–Trinajstić information content (AvgIpc) is 3.09. The van der Waals surface area contributed by atoms with Crippen molar-refractivity contribution in [3.8, 4) is 0 Å². The van der Waals surface area contributed by atoms with Crippen LogP contribution in [0.2, 0.25) is 5.02 Å². The molecule has 3 aromatic rings. The summed E-state index contributed by atoms with van der Waals surface area (Å²) < 4.78 is 15.3. The van der Waals surface area contributed by atoms with Crippen LogP contribution in [0.5, 0.6) is 0 Å². The van der Waals surface area contributed by atoms with E-state index < -0.39 is 5.41 Å². The van der Waals surface area contributed by atoms with Crippen LogP contribution in [-0.4, -0.2) is 12.8 Å². The SMILES string of the molecule is Cc1ccc(F)cc1[C@H]1NCC[C@@H](c2cccc(Cl)c2)[C@]12C=Nc1cc(Br)ccc12. The normalized spacial score (nSPS) is 24.9. The Morgan fingerprint density at radius 1 is 1.13 bits per heavy atom. The Balaban J connectivity index is 1.76. The fraction of sp³-hybridized carbons (Fsp3) is 0.240. The first-order chi connectivity index (χ1) is 14.5. The maximum absolute atomic E-state index is 14.3. The molecule has 0 aliphatic carbocycles. The van der Waals surface area contributed by atoms with E-state index in [4.69, 9.17) is 16.6 Å². The van der Waals surface area contributed by atoms with Gasteiger partial charge in [-0.1, -0.05) is 51.8 Å². The highest BCUT2D eigenvalue weighted by atomic mass is 79.9. The maximum Gasteiger partial charge on any atom is 0.123 e. The van der Waals surface area contributed by atoms with E-state index >= 15 is 0 Å². The second-order valence-corrected chi connectivity index (χ2v) is 9.49. The van der Waals surface area contributed by atoms with Crippen molar-refractivity contribution in [3.63, 3.8) is 0 Å². The molecule has 0 unspecified atom stereocenters. The van der Waals surface area contributed by atoms with Crippen molar-refractivity contribution in [2.24, 2.45) is 4.99 Å². The van der Waals surface area contributed by atoms with Crippen molar-refractivity contribution in [1.82, 2.24) is 5.32 Å². The predicted octanol–water partition coefficient (Wildman–Crippen LogP) is 7.02. The number of fused-ring (bicyclic) bond motifs is 2. The minimum Gasteiger partial charge on any atom is -0.309 e. The van der Waals surface area contributed by atoms with Crippen molar-refractivity contribution in [2.75, 3.05) is 6.54 Å². The zero-order chi connectivity index (χ0) is 20.9. The Bertz CT molecular complexity index is 1160. The summed E-state index contributed by atoms with van der Waals surface area (Å²) in [5, 5.41) is 4.43. The van der Waals surface area contributed by atoms with Gasteiger partial charge in [-0.05, 0) is 78.5 Å². The smallest absolute Gasteiger partial charge is 0.123 e. The van der Waals surface area contributed by atoms with Crippen LogP contribution in [0.15, 0.2) is 70.1 Å². The van der Waals surface area contributed by atoms with Crippen molar-refractivity contribution in [1.29, 1.82) is 0 Å². The Morgan fingerprint density at radius 2 is 2.00 bits per heavy atom. The third kappa shape index (κ3) is 3.13. The summed E-state index contributed by atoms with van der Waals surface area (Å²) in [6, 6.07) is 19.3. The standard InChI is InChI=1S/C25H21BrClFN2/c1-15-5-7-19(28)13-20(15)24-25(14-30-23-12-17(26)6-8-22(23)25)21(9-10-29-24)16-3-2-4-18(27)11-16/h2-8,11-14,21,24,29H,9-10H2,1H3/t21-,24+,25-/m0/s1. The molecule has 1 spiro atoms. The maximum atomic E-state index is 14.3. The average molecular weight is 484 g/mol. The van der Waals surface area contributed by atoms with Crippen LogP contribution in [0.4, 0.5) is 10.1 Å². The van der Waals surface area contributed by atoms with Gasteiger partial charge in [0.25, 0.3) is 0 Å². The summed E-state index contributed by atoms with van der Waals surface area (Å²) >= 11 is 9.95. The second kappa shape index (κ2) is 7.60. The molecule has 1 saturated heterocycles. The van der Waals surface area contributed by atoms with Crippen LogP contribution in [0.3, 0.4) is 0 Å². The molecular weight excluding hydrogens is 463 g/mol. The Morgan fingerprint density at radius 3 is 2.83 bits per heavy atom. The van der Waals surface area contributed by atoms with Crippen LogP contribution < -0.4 is 5.32 Å². The minimum atomic E-state index is -0.433. The Hall–Kier alpha value is -2.01. The number of aryl methyl sites for hydroxylation is 1. The summed E-state index contributed by atoms with van der Waals surface area (Å²) in [7, 11) is 0. The molecule has 5 heteroatoms. The van der Waals surface area contributed by atoms with E-state index in [0.717, 1.165) is 44.8 Å². The van der Waals surface area contributed by atoms with Gasteiger partial charge >= 0.3 is 0 Å². The molecule has 3 atom stereocenters. The molecule has 2 aliphatic heterocycles. The number of rotatable bonds is 2. The van der Waals surface area contributed by atoms with Gasteiger partial charge in [-0.25, -0.2) is 4.39 Å². The highest BCUT2D eigenvalue weighted by Crippen LogP contribution is 2.56. The van der Waals surface area contributed by atoms with Gasteiger partial charge in [0.1, 0.15) is 5.82 Å². The molecule has 0 radical (unpaired) electrons. The first-order valence-corrected chi connectivity index (χ1v) is 11.3. The zero-order valence-electron chi connectivity index (χ0n) is 16.5. The van der Waals surface area contributed by atoms with Gasteiger partial charge in [-0.2, -0.15) is 0 Å². The summed E-state index contributed by atoms with van der Waals surface area (Å²) in [6.07, 6.45) is 3.02. The molecule has 1 fully saturated rings. The number of aliphatic imine (C=N–C) groups is 1. The van der Waals surface area contributed by atoms with E-state index in [1.807, 2.05) is 25.1 Å². The molecule has 2 nitrogen and oxygen atoms in total. The monoisotopic (exact) mass is 482 g/mol. The van der Waals surface area contributed by atoms with Crippen LogP contribution in [0.25, 0.3) is 0 Å². The fourth-order valence-electron chi connectivity index (χ4n) is 5.17. The van der Waals surface area contributed by atoms with E-state index in [2.05, 4.69) is 57.8 Å². The lowest BCUT2D eigenvalue weighted by Crippen LogP contribution is -2.51. The van der Waals surface area contributed by atoms with Crippen molar-refractivity contribution < 1.29 is 4.39 Å². The molecule has 0 bridgehead atoms. The van der Waals surface area contributed by atoms with Crippen molar-refractivity contribution >= 4 is 39.4 Å². The second-order valence-electron chi connectivity index (χ2n) is 8.14. The molecule has 1 N–H and O–H groups in total. The van der Waals surface area contributed by atoms with Crippen molar-refractivity contribution in [3.05, 3.63) is 98.2 Å². The van der Waals surface area contributed by atoms with Crippen molar-refractivity contribution in [2.45, 2.75) is 30.7 Å². The van der Waals surface area contributed by atoms with Crippen LogP contribution in [-0.2, 0) is 5.41 Å². The number of benzene rings is 3. The quantitative estimate of drug-likeness (QED) is 0.416. The lowest BCUT2D eigenvalue weighted by atomic mass is 9.60. The van der Waals surface area contributed by atoms with Gasteiger partial charge in [0, 0.05) is 27.7 Å². The van der Waals surface area contributed by atoms with Gasteiger partial charge in [0.15, 0.2) is 0 Å². The molecule has 2 heterocycles. The van der Waals surface area contributed by atoms with Gasteiger partial charge in [0.2, 0.25) is 0 Å². The zero-order valence-corrected chi connectivity index (χ0v) is 18.8. The molecule has 5 rings (SSSR count). The van der Waals surface area contributed by atoms with Gasteiger partial charge in [0.05, 0.1) is 11.1 Å². The number of nitrogens with zero attached hydrogens (tertiary/aromatic N) is 1. The third-order valence-corrected chi connectivity index (χ3v) is 7.21. The molecule has 3 aromatic carbocycles. The summed E-state index contributed by atoms with van der Waals surface area (Å²) in [4.78, 5) is 4.84. The molecule has 2 aliphatic rings. The van der Waals surface area contributed by atoms with Gasteiger partial charge in [-0.3, -0.25) is 4.99 Å². The minimum absolute atomic E-state index is 0.0999. The predicted molar refractivity (Wildman–Crippen MR) is 125 cm³/mol. The lowest BCUT2D eigenvalue weighted by Gasteiger charge is -2.48. The summed E-state index contributed by atoms with van der Waals surface area (Å²) in [5.41, 5.74) is 4.92. The lowest BCUT2D eigenvalue weighted by molar-refractivity contribution is 0.269. The number of nitrogens with one attached hydrogen (secondary N) is 1. The highest BCUT2D eigenvalue weighted by molar-refractivity contribution is 9.10. The summed E-state index contributed by atoms with van der Waals surface area (Å²) in [5.74, 6) is -0.0558. The van der Waals surface area contributed by atoms with Crippen LogP contribution in [0.1, 0.15) is 40.6 Å². The van der Waals surface area contributed by atoms with Gasteiger partial charge in [-0.15, -0.1) is 0 Å². The van der Waals surface area contributed by atoms with Crippen LogP contribution in [0, 0.1) is 12.7 Å². The van der Waals surface area contributed by atoms with E-state index in [-0.39, 0.29) is 17.8 Å². The number of hydrogen-bond donors (Lipinski definition) is 1. The molecule has 0 amide bonds. The van der Waals surface area contributed by atoms with Gasteiger partial charge < -0.3 is 5.32 Å². The molecule has 152 valence electrons. The van der Waals surface area contributed by atoms with E-state index in [1.54, 1.807) is 6.07 Å². The fourth-order valence-corrected chi connectivity index (χ4v) is 5.72. The summed E-state index contributed by atoms with van der Waals surface area (Å²) in [6.45, 7) is 2.88. The first-order valence-electron chi connectivity index (χ1n) is 10.1.